The quantitative estimate of drug-likeness (QED) is 0.523. The highest BCUT2D eigenvalue weighted by Crippen LogP contribution is 2.22. The van der Waals surface area contributed by atoms with Crippen LogP contribution in [-0.2, 0) is 4.79 Å². The number of carbonyl (C=O) groups excluding carboxylic acids is 1. The maximum absolute atomic E-state index is 12.5. The van der Waals surface area contributed by atoms with Crippen LogP contribution in [0, 0.1) is 20.8 Å². The van der Waals surface area contributed by atoms with E-state index in [0.717, 1.165) is 43.3 Å². The van der Waals surface area contributed by atoms with Crippen LogP contribution in [0.4, 0.5) is 5.82 Å². The number of hydrogen-bond donors (Lipinski definition) is 2. The van der Waals surface area contributed by atoms with Gasteiger partial charge in [-0.25, -0.2) is 14.6 Å². The summed E-state index contributed by atoms with van der Waals surface area (Å²) in [6, 6.07) is 7.39. The van der Waals surface area contributed by atoms with Crippen molar-refractivity contribution in [2.45, 2.75) is 40.0 Å². The summed E-state index contributed by atoms with van der Waals surface area (Å²) in [5.41, 5.74) is 1.83. The molecule has 0 unspecified atom stereocenters. The molecule has 1 fully saturated rings. The molecule has 4 rings (SSSR count). The molecule has 0 atom stereocenters. The van der Waals surface area contributed by atoms with E-state index < -0.39 is 0 Å². The summed E-state index contributed by atoms with van der Waals surface area (Å²) in [6.45, 7) is 10.0. The molecule has 1 aliphatic rings. The fourth-order valence-corrected chi connectivity index (χ4v) is 3.94. The van der Waals surface area contributed by atoms with Crippen LogP contribution >= 0.6 is 0 Å². The van der Waals surface area contributed by atoms with Gasteiger partial charge in [-0.3, -0.25) is 4.79 Å². The van der Waals surface area contributed by atoms with E-state index in [1.165, 1.54) is 19.3 Å². The third-order valence-electron chi connectivity index (χ3n) is 5.51. The number of carbonyl (C=O) groups is 1. The summed E-state index contributed by atoms with van der Waals surface area (Å²) in [4.78, 5) is 24.1. The lowest BCUT2D eigenvalue weighted by atomic mass is 10.1. The molecular formula is C23H31N7O2. The zero-order chi connectivity index (χ0) is 22.5. The molecule has 0 spiro atoms. The molecule has 32 heavy (non-hydrogen) atoms. The SMILES string of the molecule is Cc1cc(C)n(-c2cc(NC(=O)CNCCN3CCCCC3)nc(-c3ccc(C)o3)n2)n1. The predicted octanol–water partition coefficient (Wildman–Crippen LogP) is 2.86. The largest absolute Gasteiger partial charge is 0.458 e. The molecule has 0 aliphatic carbocycles. The monoisotopic (exact) mass is 437 g/mol. The second-order valence-electron chi connectivity index (χ2n) is 8.31. The van der Waals surface area contributed by atoms with E-state index in [4.69, 9.17) is 4.42 Å². The average molecular weight is 438 g/mol. The summed E-state index contributed by atoms with van der Waals surface area (Å²) >= 11 is 0. The molecule has 3 aromatic rings. The van der Waals surface area contributed by atoms with Gasteiger partial charge in [-0.2, -0.15) is 5.10 Å². The highest BCUT2D eigenvalue weighted by molar-refractivity contribution is 5.91. The Balaban J connectivity index is 1.45. The molecule has 1 saturated heterocycles. The Morgan fingerprint density at radius 2 is 1.91 bits per heavy atom. The van der Waals surface area contributed by atoms with Gasteiger partial charge < -0.3 is 20.0 Å². The molecule has 1 aliphatic heterocycles. The number of hydrogen-bond acceptors (Lipinski definition) is 7. The van der Waals surface area contributed by atoms with Crippen LogP contribution < -0.4 is 10.6 Å². The van der Waals surface area contributed by atoms with E-state index in [1.54, 1.807) is 10.7 Å². The average Bonchev–Trinajstić information content (AvgIpc) is 3.36. The first-order chi connectivity index (χ1) is 15.5. The first kappa shape index (κ1) is 22.2. The lowest BCUT2D eigenvalue weighted by Crippen LogP contribution is -2.38. The predicted molar refractivity (Wildman–Crippen MR) is 123 cm³/mol. The van der Waals surface area contributed by atoms with Gasteiger partial charge in [0, 0.05) is 24.8 Å². The van der Waals surface area contributed by atoms with Crippen molar-refractivity contribution in [2.24, 2.45) is 0 Å². The van der Waals surface area contributed by atoms with Gasteiger partial charge in [-0.15, -0.1) is 0 Å². The third-order valence-corrected chi connectivity index (χ3v) is 5.51. The van der Waals surface area contributed by atoms with Crippen molar-refractivity contribution in [1.29, 1.82) is 0 Å². The number of amides is 1. The summed E-state index contributed by atoms with van der Waals surface area (Å²) in [6.07, 6.45) is 3.86. The lowest BCUT2D eigenvalue weighted by molar-refractivity contribution is -0.115. The summed E-state index contributed by atoms with van der Waals surface area (Å²) in [5, 5.41) is 10.6. The van der Waals surface area contributed by atoms with Gasteiger partial charge in [-0.05, 0) is 64.9 Å². The smallest absolute Gasteiger partial charge is 0.239 e. The van der Waals surface area contributed by atoms with Crippen LogP contribution in [0.5, 0.6) is 0 Å². The molecule has 9 heteroatoms. The number of aromatic nitrogens is 4. The van der Waals surface area contributed by atoms with Crippen molar-refractivity contribution < 1.29 is 9.21 Å². The van der Waals surface area contributed by atoms with Crippen LogP contribution in [0.15, 0.2) is 28.7 Å². The first-order valence-electron chi connectivity index (χ1n) is 11.2. The maximum Gasteiger partial charge on any atom is 0.239 e. The van der Waals surface area contributed by atoms with E-state index in [1.807, 2.05) is 39.0 Å². The number of rotatable bonds is 8. The van der Waals surface area contributed by atoms with Crippen molar-refractivity contribution in [3.63, 3.8) is 0 Å². The van der Waals surface area contributed by atoms with Gasteiger partial charge in [0.2, 0.25) is 5.91 Å². The summed E-state index contributed by atoms with van der Waals surface area (Å²) in [5.74, 6) is 2.54. The van der Waals surface area contributed by atoms with Crippen molar-refractivity contribution in [2.75, 3.05) is 38.0 Å². The topological polar surface area (TPSA) is 101 Å². The van der Waals surface area contributed by atoms with Crippen molar-refractivity contribution in [3.05, 3.63) is 41.4 Å². The molecule has 0 radical (unpaired) electrons. The molecule has 2 N–H and O–H groups in total. The molecule has 0 saturated carbocycles. The van der Waals surface area contributed by atoms with Crippen molar-refractivity contribution in [3.8, 4) is 17.4 Å². The Kier molecular flexibility index (Phi) is 6.96. The Morgan fingerprint density at radius 3 is 2.59 bits per heavy atom. The fraction of sp³-hybridized carbons (Fsp3) is 0.478. The molecule has 0 aromatic carbocycles. The minimum Gasteiger partial charge on any atom is -0.458 e. The minimum absolute atomic E-state index is 0.150. The molecule has 170 valence electrons. The Bertz CT molecular complexity index is 1070. The number of nitrogens with one attached hydrogen (secondary N) is 2. The fourth-order valence-electron chi connectivity index (χ4n) is 3.94. The van der Waals surface area contributed by atoms with Crippen molar-refractivity contribution >= 4 is 11.7 Å². The number of piperidine rings is 1. The highest BCUT2D eigenvalue weighted by atomic mass is 16.3. The van der Waals surface area contributed by atoms with E-state index in [9.17, 15) is 4.79 Å². The molecule has 4 heterocycles. The van der Waals surface area contributed by atoms with Gasteiger partial charge in [0.1, 0.15) is 11.6 Å². The third kappa shape index (κ3) is 5.60. The highest BCUT2D eigenvalue weighted by Gasteiger charge is 2.15. The second-order valence-corrected chi connectivity index (χ2v) is 8.31. The Morgan fingerprint density at radius 1 is 1.09 bits per heavy atom. The van der Waals surface area contributed by atoms with E-state index in [2.05, 4.69) is 30.6 Å². The van der Waals surface area contributed by atoms with Crippen LogP contribution in [-0.4, -0.2) is 63.3 Å². The number of furan rings is 1. The number of anilines is 1. The van der Waals surface area contributed by atoms with Gasteiger partial charge >= 0.3 is 0 Å². The Hall–Kier alpha value is -3.04. The van der Waals surface area contributed by atoms with Crippen LogP contribution in [0.3, 0.4) is 0 Å². The standard InChI is InChI=1S/C23H31N7O2/c1-16-13-17(2)30(28-16)21-14-20(26-23(27-21)19-8-7-18(3)32-19)25-22(31)15-24-9-12-29-10-5-4-6-11-29/h7-8,13-14,24H,4-6,9-12,15H2,1-3H3,(H,25,26,27,31). The van der Waals surface area contributed by atoms with E-state index in [0.29, 0.717) is 23.2 Å². The van der Waals surface area contributed by atoms with Crippen LogP contribution in [0.25, 0.3) is 17.4 Å². The molecule has 3 aromatic heterocycles. The molecule has 9 nitrogen and oxygen atoms in total. The van der Waals surface area contributed by atoms with Crippen LogP contribution in [0.2, 0.25) is 0 Å². The maximum atomic E-state index is 12.5. The van der Waals surface area contributed by atoms with E-state index >= 15 is 0 Å². The Labute approximate surface area is 188 Å². The van der Waals surface area contributed by atoms with Crippen molar-refractivity contribution in [1.82, 2.24) is 30.0 Å². The number of aryl methyl sites for hydroxylation is 3. The zero-order valence-corrected chi connectivity index (χ0v) is 19.0. The summed E-state index contributed by atoms with van der Waals surface area (Å²) < 4.78 is 7.45. The number of nitrogens with zero attached hydrogens (tertiary/aromatic N) is 5. The van der Waals surface area contributed by atoms with Gasteiger partial charge in [0.25, 0.3) is 0 Å². The normalized spacial score (nSPS) is 14.6. The van der Waals surface area contributed by atoms with Gasteiger partial charge in [-0.1, -0.05) is 6.42 Å². The zero-order valence-electron chi connectivity index (χ0n) is 19.0. The summed E-state index contributed by atoms with van der Waals surface area (Å²) in [7, 11) is 0. The number of likely N-dealkylation sites (tertiary alicyclic amines) is 1. The minimum atomic E-state index is -0.150. The van der Waals surface area contributed by atoms with Crippen LogP contribution in [0.1, 0.15) is 36.4 Å². The first-order valence-corrected chi connectivity index (χ1v) is 11.2. The van der Waals surface area contributed by atoms with E-state index in [-0.39, 0.29) is 12.5 Å². The van der Waals surface area contributed by atoms with Gasteiger partial charge in [0.15, 0.2) is 17.4 Å². The molecule has 0 bridgehead atoms. The molecule has 1 amide bonds. The second kappa shape index (κ2) is 10.1. The lowest BCUT2D eigenvalue weighted by Gasteiger charge is -2.26. The van der Waals surface area contributed by atoms with Gasteiger partial charge in [0.05, 0.1) is 12.2 Å². The molecular weight excluding hydrogens is 406 g/mol.